The van der Waals surface area contributed by atoms with Crippen LogP contribution in [0.5, 0.6) is 0 Å². The van der Waals surface area contributed by atoms with Crippen molar-refractivity contribution in [2.75, 3.05) is 50.7 Å². The molecule has 0 atom stereocenters. The number of nitrogens with one attached hydrogen (secondary N) is 1. The maximum absolute atomic E-state index is 12.5. The summed E-state index contributed by atoms with van der Waals surface area (Å²) in [6, 6.07) is 10.3. The van der Waals surface area contributed by atoms with Gasteiger partial charge in [0.2, 0.25) is 5.95 Å². The molecule has 0 unspecified atom stereocenters. The number of amides is 1. The summed E-state index contributed by atoms with van der Waals surface area (Å²) in [5, 5.41) is 3.05. The quantitative estimate of drug-likeness (QED) is 0.684. The number of carbonyl (C=O) groups excluding carboxylic acids is 1. The molecule has 1 N–H and O–H groups in total. The number of benzene rings is 1. The van der Waals surface area contributed by atoms with Crippen LogP contribution in [0, 0.1) is 0 Å². The van der Waals surface area contributed by atoms with Crippen LogP contribution in [0.2, 0.25) is 0 Å². The van der Waals surface area contributed by atoms with Crippen molar-refractivity contribution in [1.82, 2.24) is 25.1 Å². The minimum atomic E-state index is -0.00548. The Morgan fingerprint density at radius 1 is 1.10 bits per heavy atom. The van der Waals surface area contributed by atoms with Gasteiger partial charge in [0, 0.05) is 69.8 Å². The Morgan fingerprint density at radius 3 is 2.37 bits per heavy atom. The summed E-state index contributed by atoms with van der Waals surface area (Å²) in [5.41, 5.74) is 1.96. The average Bonchev–Trinajstić information content (AvgIpc) is 2.78. The fourth-order valence-corrected chi connectivity index (χ4v) is 3.71. The Balaban J connectivity index is 1.39. The van der Waals surface area contributed by atoms with Gasteiger partial charge in [-0.15, -0.1) is 0 Å². The van der Waals surface area contributed by atoms with Gasteiger partial charge in [-0.1, -0.05) is 19.1 Å². The van der Waals surface area contributed by atoms with Crippen LogP contribution >= 0.6 is 0 Å². The lowest BCUT2D eigenvalue weighted by Crippen LogP contribution is -2.49. The second kappa shape index (κ2) is 11.0. The number of hydrogen-bond donors (Lipinski definition) is 1. The van der Waals surface area contributed by atoms with Crippen LogP contribution in [0.3, 0.4) is 0 Å². The van der Waals surface area contributed by atoms with Crippen LogP contribution in [0.4, 0.5) is 5.95 Å². The van der Waals surface area contributed by atoms with Crippen molar-refractivity contribution in [3.63, 3.8) is 0 Å². The van der Waals surface area contributed by atoms with Gasteiger partial charge in [0.15, 0.2) is 0 Å². The van der Waals surface area contributed by atoms with Crippen molar-refractivity contribution in [1.29, 1.82) is 0 Å². The molecule has 1 amide bonds. The first-order valence-corrected chi connectivity index (χ1v) is 10.9. The van der Waals surface area contributed by atoms with E-state index in [-0.39, 0.29) is 5.91 Å². The highest BCUT2D eigenvalue weighted by Gasteiger charge is 2.18. The van der Waals surface area contributed by atoms with Gasteiger partial charge >= 0.3 is 0 Å². The number of piperazine rings is 1. The Kier molecular flexibility index (Phi) is 8.16. The molecule has 0 bridgehead atoms. The number of carbonyl (C=O) groups is 1. The summed E-state index contributed by atoms with van der Waals surface area (Å²) >= 11 is 0. The van der Waals surface area contributed by atoms with E-state index in [2.05, 4.69) is 62.9 Å². The van der Waals surface area contributed by atoms with E-state index < -0.39 is 0 Å². The fourth-order valence-electron chi connectivity index (χ4n) is 3.71. The molecule has 2 aromatic rings. The molecule has 1 aromatic carbocycles. The summed E-state index contributed by atoms with van der Waals surface area (Å²) in [7, 11) is 0. The highest BCUT2D eigenvalue weighted by atomic mass is 16.1. The Morgan fingerprint density at radius 2 is 1.77 bits per heavy atom. The van der Waals surface area contributed by atoms with Gasteiger partial charge in [-0.05, 0) is 44.2 Å². The van der Waals surface area contributed by atoms with E-state index in [1.54, 1.807) is 12.4 Å². The van der Waals surface area contributed by atoms with Crippen LogP contribution in [0.15, 0.2) is 42.7 Å². The van der Waals surface area contributed by atoms with E-state index >= 15 is 0 Å². The van der Waals surface area contributed by atoms with Crippen molar-refractivity contribution in [2.24, 2.45) is 0 Å². The van der Waals surface area contributed by atoms with Gasteiger partial charge < -0.3 is 10.2 Å². The smallest absolute Gasteiger partial charge is 0.251 e. The number of rotatable bonds is 9. The molecule has 1 saturated heterocycles. The van der Waals surface area contributed by atoms with Crippen molar-refractivity contribution in [2.45, 2.75) is 33.4 Å². The van der Waals surface area contributed by atoms with Gasteiger partial charge in [0.1, 0.15) is 0 Å². The van der Waals surface area contributed by atoms with Crippen LogP contribution in [0.1, 0.15) is 36.7 Å². The van der Waals surface area contributed by atoms with E-state index in [4.69, 9.17) is 0 Å². The molecule has 7 heteroatoms. The molecule has 1 aliphatic rings. The lowest BCUT2D eigenvalue weighted by atomic mass is 10.1. The molecule has 1 fully saturated rings. The van der Waals surface area contributed by atoms with Crippen LogP contribution in [-0.4, -0.2) is 77.5 Å². The summed E-state index contributed by atoms with van der Waals surface area (Å²) in [5.74, 6) is 0.790. The molecule has 7 nitrogen and oxygen atoms in total. The van der Waals surface area contributed by atoms with Gasteiger partial charge in [0.05, 0.1) is 0 Å². The molecular weight excluding hydrogens is 376 g/mol. The molecule has 1 aliphatic heterocycles. The fraction of sp³-hybridized carbons (Fsp3) is 0.522. The van der Waals surface area contributed by atoms with E-state index in [9.17, 15) is 4.79 Å². The van der Waals surface area contributed by atoms with Gasteiger partial charge in [-0.2, -0.15) is 0 Å². The molecule has 162 valence electrons. The average molecular weight is 411 g/mol. The lowest BCUT2D eigenvalue weighted by molar-refractivity contribution is 0.0947. The van der Waals surface area contributed by atoms with Crippen molar-refractivity contribution < 1.29 is 4.79 Å². The van der Waals surface area contributed by atoms with E-state index in [1.807, 2.05) is 18.2 Å². The Labute approximate surface area is 180 Å². The second-order valence-corrected chi connectivity index (χ2v) is 7.99. The minimum absolute atomic E-state index is 0.00548. The van der Waals surface area contributed by atoms with E-state index in [0.717, 1.165) is 57.3 Å². The number of nitrogens with zero attached hydrogens (tertiary/aromatic N) is 5. The molecule has 3 rings (SSSR count). The van der Waals surface area contributed by atoms with Crippen LogP contribution < -0.4 is 10.2 Å². The standard InChI is InChI=1S/C23H34N6O/c1-4-28(19(2)3)18-20-6-8-21(9-7-20)22(30)24-12-13-27-14-16-29(17-15-27)23-25-10-5-11-26-23/h5-11,19H,4,12-18H2,1-3H3,(H,24,30). The van der Waals surface area contributed by atoms with E-state index in [0.29, 0.717) is 12.6 Å². The molecule has 0 aliphatic carbocycles. The molecule has 1 aromatic heterocycles. The zero-order valence-electron chi connectivity index (χ0n) is 18.4. The Hall–Kier alpha value is -2.51. The monoisotopic (exact) mass is 410 g/mol. The highest BCUT2D eigenvalue weighted by Crippen LogP contribution is 2.11. The normalized spacial score (nSPS) is 15.0. The van der Waals surface area contributed by atoms with Gasteiger partial charge in [-0.25, -0.2) is 9.97 Å². The number of anilines is 1. The van der Waals surface area contributed by atoms with Gasteiger partial charge in [-0.3, -0.25) is 14.6 Å². The third-order valence-electron chi connectivity index (χ3n) is 5.66. The first-order chi connectivity index (χ1) is 14.6. The molecule has 30 heavy (non-hydrogen) atoms. The predicted octanol–water partition coefficient (Wildman–Crippen LogP) is 2.26. The number of hydrogen-bond acceptors (Lipinski definition) is 6. The lowest BCUT2D eigenvalue weighted by Gasteiger charge is -2.34. The Bertz CT molecular complexity index is 772. The molecule has 0 saturated carbocycles. The predicted molar refractivity (Wildman–Crippen MR) is 121 cm³/mol. The first kappa shape index (κ1) is 22.2. The summed E-state index contributed by atoms with van der Waals surface area (Å²) in [6.45, 7) is 13.8. The zero-order chi connectivity index (χ0) is 21.3. The summed E-state index contributed by atoms with van der Waals surface area (Å²) < 4.78 is 0. The molecule has 0 spiro atoms. The van der Waals surface area contributed by atoms with Crippen molar-refractivity contribution >= 4 is 11.9 Å². The third kappa shape index (κ3) is 6.24. The zero-order valence-corrected chi connectivity index (χ0v) is 18.4. The molecule has 0 radical (unpaired) electrons. The maximum Gasteiger partial charge on any atom is 0.251 e. The number of aromatic nitrogens is 2. The summed E-state index contributed by atoms with van der Waals surface area (Å²) in [6.07, 6.45) is 3.56. The van der Waals surface area contributed by atoms with Gasteiger partial charge in [0.25, 0.3) is 5.91 Å². The second-order valence-electron chi connectivity index (χ2n) is 7.99. The topological polar surface area (TPSA) is 64.6 Å². The first-order valence-electron chi connectivity index (χ1n) is 10.9. The van der Waals surface area contributed by atoms with Crippen molar-refractivity contribution in [3.05, 3.63) is 53.9 Å². The van der Waals surface area contributed by atoms with Crippen LogP contribution in [0.25, 0.3) is 0 Å². The SMILES string of the molecule is CCN(Cc1ccc(C(=O)NCCN2CCN(c3ncccn3)CC2)cc1)C(C)C. The minimum Gasteiger partial charge on any atom is -0.351 e. The van der Waals surface area contributed by atoms with E-state index in [1.165, 1.54) is 5.56 Å². The highest BCUT2D eigenvalue weighted by molar-refractivity contribution is 5.94. The largest absolute Gasteiger partial charge is 0.351 e. The third-order valence-corrected chi connectivity index (χ3v) is 5.66. The van der Waals surface area contributed by atoms with Crippen molar-refractivity contribution in [3.8, 4) is 0 Å². The molecule has 2 heterocycles. The molecular formula is C23H34N6O. The summed E-state index contributed by atoms with van der Waals surface area (Å²) in [4.78, 5) is 28.1. The van der Waals surface area contributed by atoms with Crippen LogP contribution in [-0.2, 0) is 6.54 Å². The maximum atomic E-state index is 12.5.